The average Bonchev–Trinajstić information content (AvgIpc) is 2.14. The molecule has 0 atom stereocenters. The van der Waals surface area contributed by atoms with E-state index >= 15 is 0 Å². The maximum absolute atomic E-state index is 11.1. The second-order valence-corrected chi connectivity index (χ2v) is 5.22. The van der Waals surface area contributed by atoms with Crippen molar-refractivity contribution in [1.82, 2.24) is 4.90 Å². The summed E-state index contributed by atoms with van der Waals surface area (Å²) in [6.45, 7) is 13.3. The highest BCUT2D eigenvalue weighted by Gasteiger charge is 2.15. The fraction of sp³-hybridized carbons (Fsp3) is 0.769. The zero-order chi connectivity index (χ0) is 12.8. The van der Waals surface area contributed by atoms with E-state index in [1.807, 2.05) is 0 Å². The van der Waals surface area contributed by atoms with E-state index in [0.717, 1.165) is 19.4 Å². The molecule has 0 radical (unpaired) electrons. The highest BCUT2D eigenvalue weighted by atomic mass is 16.5. The normalized spacial score (nSPS) is 11.6. The van der Waals surface area contributed by atoms with Crippen LogP contribution in [0, 0.1) is 0 Å². The molecule has 0 saturated heterocycles. The molecule has 0 aromatic rings. The van der Waals surface area contributed by atoms with Crippen molar-refractivity contribution in [2.75, 3.05) is 20.2 Å². The number of nitrogens with zero attached hydrogens (tertiary/aromatic N) is 1. The zero-order valence-electron chi connectivity index (χ0n) is 11.3. The maximum Gasteiger partial charge on any atom is 0.333 e. The minimum absolute atomic E-state index is 0.203. The number of hydrogen-bond acceptors (Lipinski definition) is 3. The van der Waals surface area contributed by atoms with E-state index < -0.39 is 0 Å². The molecule has 0 unspecified atom stereocenters. The van der Waals surface area contributed by atoms with Gasteiger partial charge in [-0.3, -0.25) is 0 Å². The molecule has 94 valence electrons. The van der Waals surface area contributed by atoms with E-state index in [0.29, 0.717) is 12.2 Å². The topological polar surface area (TPSA) is 29.5 Å². The zero-order valence-corrected chi connectivity index (χ0v) is 11.3. The Bertz CT molecular complexity index is 241. The smallest absolute Gasteiger partial charge is 0.333 e. The molecule has 3 nitrogen and oxygen atoms in total. The largest absolute Gasteiger partial charge is 0.462 e. The maximum atomic E-state index is 11.1. The van der Waals surface area contributed by atoms with E-state index in [1.165, 1.54) is 0 Å². The first kappa shape index (κ1) is 15.2. The number of carbonyl (C=O) groups excluding carboxylic acids is 1. The van der Waals surface area contributed by atoms with Crippen LogP contribution in [0.1, 0.15) is 40.5 Å². The van der Waals surface area contributed by atoms with Crippen LogP contribution < -0.4 is 0 Å². The predicted molar refractivity (Wildman–Crippen MR) is 67.4 cm³/mol. The van der Waals surface area contributed by atoms with Crippen molar-refractivity contribution in [3.05, 3.63) is 12.2 Å². The molecule has 0 rings (SSSR count). The van der Waals surface area contributed by atoms with Crippen LogP contribution in [-0.2, 0) is 9.53 Å². The van der Waals surface area contributed by atoms with E-state index in [2.05, 4.69) is 39.3 Å². The summed E-state index contributed by atoms with van der Waals surface area (Å²) in [6, 6.07) is 0. The van der Waals surface area contributed by atoms with Gasteiger partial charge in [0.2, 0.25) is 0 Å². The Balaban J connectivity index is 3.55. The fourth-order valence-electron chi connectivity index (χ4n) is 1.07. The minimum atomic E-state index is -0.288. The number of unbranched alkanes of at least 4 members (excludes halogenated alkanes) is 1. The summed E-state index contributed by atoms with van der Waals surface area (Å²) in [7, 11) is 2.11. The van der Waals surface area contributed by atoms with Gasteiger partial charge in [0, 0.05) is 11.1 Å². The summed E-state index contributed by atoms with van der Waals surface area (Å²) >= 11 is 0. The van der Waals surface area contributed by atoms with Crippen LogP contribution in [0.2, 0.25) is 0 Å². The standard InChI is InChI=1S/C13H25NO2/c1-11(2)12(15)16-10-8-7-9-14(6)13(3,4)5/h1,7-10H2,2-6H3. The molecule has 0 spiro atoms. The number of carbonyl (C=O) groups is 1. The molecule has 0 saturated carbocycles. The van der Waals surface area contributed by atoms with Crippen molar-refractivity contribution in [2.45, 2.75) is 46.1 Å². The van der Waals surface area contributed by atoms with Crippen LogP contribution >= 0.6 is 0 Å². The molecule has 0 N–H and O–H groups in total. The van der Waals surface area contributed by atoms with Gasteiger partial charge in [-0.05, 0) is 54.1 Å². The van der Waals surface area contributed by atoms with Gasteiger partial charge >= 0.3 is 5.97 Å². The van der Waals surface area contributed by atoms with Crippen molar-refractivity contribution in [3.63, 3.8) is 0 Å². The Morgan fingerprint density at radius 1 is 1.31 bits per heavy atom. The molecule has 3 heteroatoms. The molecular formula is C13H25NO2. The first-order valence-corrected chi connectivity index (χ1v) is 5.79. The van der Waals surface area contributed by atoms with Gasteiger partial charge in [0.1, 0.15) is 0 Å². The summed E-state index contributed by atoms with van der Waals surface area (Å²) in [5.74, 6) is -0.288. The first-order valence-electron chi connectivity index (χ1n) is 5.79. The van der Waals surface area contributed by atoms with E-state index in [9.17, 15) is 4.79 Å². The molecule has 0 aromatic heterocycles. The van der Waals surface area contributed by atoms with Crippen LogP contribution in [0.4, 0.5) is 0 Å². The monoisotopic (exact) mass is 227 g/mol. The van der Waals surface area contributed by atoms with Crippen LogP contribution in [0.15, 0.2) is 12.2 Å². The van der Waals surface area contributed by atoms with Crippen molar-refractivity contribution in [2.24, 2.45) is 0 Å². The highest BCUT2D eigenvalue weighted by molar-refractivity contribution is 5.86. The van der Waals surface area contributed by atoms with Crippen molar-refractivity contribution in [3.8, 4) is 0 Å². The van der Waals surface area contributed by atoms with Gasteiger partial charge in [0.05, 0.1) is 6.61 Å². The van der Waals surface area contributed by atoms with E-state index in [-0.39, 0.29) is 11.5 Å². The Hall–Kier alpha value is -0.830. The predicted octanol–water partition coefficient (Wildman–Crippen LogP) is 2.62. The lowest BCUT2D eigenvalue weighted by Crippen LogP contribution is -2.38. The molecule has 0 aromatic carbocycles. The molecule has 0 aliphatic rings. The molecule has 0 amide bonds. The minimum Gasteiger partial charge on any atom is -0.462 e. The summed E-state index contributed by atoms with van der Waals surface area (Å²) in [5.41, 5.74) is 0.667. The summed E-state index contributed by atoms with van der Waals surface area (Å²) < 4.78 is 5.01. The van der Waals surface area contributed by atoms with Gasteiger partial charge in [0.15, 0.2) is 0 Å². The Kier molecular flexibility index (Phi) is 6.34. The quantitative estimate of drug-likeness (QED) is 0.397. The van der Waals surface area contributed by atoms with Crippen LogP contribution in [0.5, 0.6) is 0 Å². The molecule has 0 fully saturated rings. The Labute approximate surface area is 99.5 Å². The average molecular weight is 227 g/mol. The SMILES string of the molecule is C=C(C)C(=O)OCCCCN(C)C(C)(C)C. The molecule has 0 aliphatic carbocycles. The first-order chi connectivity index (χ1) is 7.25. The number of hydrogen-bond donors (Lipinski definition) is 0. The van der Waals surface area contributed by atoms with E-state index in [1.54, 1.807) is 6.92 Å². The third-order valence-electron chi connectivity index (χ3n) is 2.61. The van der Waals surface area contributed by atoms with E-state index in [4.69, 9.17) is 4.74 Å². The van der Waals surface area contributed by atoms with Gasteiger partial charge in [-0.2, -0.15) is 0 Å². The Morgan fingerprint density at radius 2 is 1.88 bits per heavy atom. The third kappa shape index (κ3) is 6.62. The van der Waals surface area contributed by atoms with Crippen molar-refractivity contribution in [1.29, 1.82) is 0 Å². The molecule has 16 heavy (non-hydrogen) atoms. The van der Waals surface area contributed by atoms with Gasteiger partial charge in [-0.15, -0.1) is 0 Å². The van der Waals surface area contributed by atoms with Crippen LogP contribution in [0.25, 0.3) is 0 Å². The molecule has 0 bridgehead atoms. The van der Waals surface area contributed by atoms with Crippen LogP contribution in [0.3, 0.4) is 0 Å². The second kappa shape index (κ2) is 6.69. The lowest BCUT2D eigenvalue weighted by atomic mass is 10.1. The fourth-order valence-corrected chi connectivity index (χ4v) is 1.07. The molecule has 0 aliphatic heterocycles. The van der Waals surface area contributed by atoms with Gasteiger partial charge < -0.3 is 9.64 Å². The summed E-state index contributed by atoms with van der Waals surface area (Å²) in [5, 5.41) is 0. The van der Waals surface area contributed by atoms with Crippen LogP contribution in [-0.4, -0.2) is 36.6 Å². The van der Waals surface area contributed by atoms with Crippen molar-refractivity contribution < 1.29 is 9.53 Å². The van der Waals surface area contributed by atoms with Gasteiger partial charge in [0.25, 0.3) is 0 Å². The summed E-state index contributed by atoms with van der Waals surface area (Å²) in [4.78, 5) is 13.4. The van der Waals surface area contributed by atoms with Crippen molar-refractivity contribution >= 4 is 5.97 Å². The lowest BCUT2D eigenvalue weighted by molar-refractivity contribution is -0.139. The Morgan fingerprint density at radius 3 is 2.31 bits per heavy atom. The third-order valence-corrected chi connectivity index (χ3v) is 2.61. The second-order valence-electron chi connectivity index (χ2n) is 5.22. The number of ether oxygens (including phenoxy) is 1. The van der Waals surface area contributed by atoms with Gasteiger partial charge in [-0.25, -0.2) is 4.79 Å². The highest BCUT2D eigenvalue weighted by Crippen LogP contribution is 2.11. The van der Waals surface area contributed by atoms with Gasteiger partial charge in [-0.1, -0.05) is 6.58 Å². The number of esters is 1. The molecular weight excluding hydrogens is 202 g/mol. The number of rotatable bonds is 6. The molecule has 0 heterocycles. The lowest BCUT2D eigenvalue weighted by Gasteiger charge is -2.31. The summed E-state index contributed by atoms with van der Waals surface area (Å²) in [6.07, 6.45) is 1.94.